The molecule has 1 heterocycles. The normalized spacial score (nSPS) is 19.5. The van der Waals surface area contributed by atoms with Crippen molar-refractivity contribution >= 4 is 5.97 Å². The van der Waals surface area contributed by atoms with Gasteiger partial charge in [-0.15, -0.1) is 0 Å². The first kappa shape index (κ1) is 14.5. The maximum atomic E-state index is 11.0. The number of carboxylic acids is 1. The Bertz CT molecular complexity index is 246. The summed E-state index contributed by atoms with van der Waals surface area (Å²) in [5.41, 5.74) is -0.666. The number of hydrogen-bond donors (Lipinski definition) is 2. The van der Waals surface area contributed by atoms with Crippen molar-refractivity contribution in [2.45, 2.75) is 46.1 Å². The van der Waals surface area contributed by atoms with Crippen LogP contribution in [0.5, 0.6) is 0 Å². The summed E-state index contributed by atoms with van der Waals surface area (Å²) in [4.78, 5) is 13.5. The molecule has 0 aliphatic carbocycles. The van der Waals surface area contributed by atoms with Crippen molar-refractivity contribution in [3.8, 4) is 0 Å². The topological polar surface area (TPSA) is 52.6 Å². The van der Waals surface area contributed by atoms with Gasteiger partial charge in [-0.3, -0.25) is 4.79 Å². The van der Waals surface area contributed by atoms with E-state index in [0.717, 1.165) is 25.9 Å². The van der Waals surface area contributed by atoms with Crippen molar-refractivity contribution in [3.63, 3.8) is 0 Å². The van der Waals surface area contributed by atoms with E-state index in [9.17, 15) is 4.79 Å². The third kappa shape index (κ3) is 4.64. The summed E-state index contributed by atoms with van der Waals surface area (Å²) in [5.74, 6) is -0.728. The molecule has 100 valence electrons. The van der Waals surface area contributed by atoms with Crippen molar-refractivity contribution in [1.82, 2.24) is 10.2 Å². The van der Waals surface area contributed by atoms with Crippen LogP contribution in [0.1, 0.15) is 40.0 Å². The first-order valence-electron chi connectivity index (χ1n) is 6.65. The van der Waals surface area contributed by atoms with Gasteiger partial charge in [-0.2, -0.15) is 0 Å². The molecule has 0 aromatic rings. The summed E-state index contributed by atoms with van der Waals surface area (Å²) in [7, 11) is 0. The lowest BCUT2D eigenvalue weighted by atomic mass is 9.92. The van der Waals surface area contributed by atoms with Crippen LogP contribution in [0.2, 0.25) is 0 Å². The van der Waals surface area contributed by atoms with Gasteiger partial charge in [0, 0.05) is 12.6 Å². The Balaban J connectivity index is 2.25. The summed E-state index contributed by atoms with van der Waals surface area (Å²) in [6, 6.07) is 0.488. The molecule has 1 aliphatic heterocycles. The SMILES string of the molecule is CCCN1CCC(NCC(C)(C)C(=O)O)CC1. The third-order valence-corrected chi connectivity index (χ3v) is 3.54. The van der Waals surface area contributed by atoms with E-state index in [2.05, 4.69) is 17.1 Å². The van der Waals surface area contributed by atoms with Gasteiger partial charge in [0.05, 0.1) is 5.41 Å². The highest BCUT2D eigenvalue weighted by atomic mass is 16.4. The highest BCUT2D eigenvalue weighted by Crippen LogP contribution is 2.16. The van der Waals surface area contributed by atoms with Crippen LogP contribution in [0.3, 0.4) is 0 Å². The monoisotopic (exact) mass is 242 g/mol. The van der Waals surface area contributed by atoms with Crippen molar-refractivity contribution in [2.24, 2.45) is 5.41 Å². The van der Waals surface area contributed by atoms with Gasteiger partial charge < -0.3 is 15.3 Å². The lowest BCUT2D eigenvalue weighted by molar-refractivity contribution is -0.146. The third-order valence-electron chi connectivity index (χ3n) is 3.54. The second kappa shape index (κ2) is 6.36. The van der Waals surface area contributed by atoms with Crippen LogP contribution in [0.4, 0.5) is 0 Å². The van der Waals surface area contributed by atoms with Gasteiger partial charge in [0.25, 0.3) is 0 Å². The minimum atomic E-state index is -0.728. The molecule has 1 aliphatic rings. The number of hydrogen-bond acceptors (Lipinski definition) is 3. The first-order valence-corrected chi connectivity index (χ1v) is 6.65. The molecule has 0 aromatic heterocycles. The number of aliphatic carboxylic acids is 1. The zero-order chi connectivity index (χ0) is 12.9. The molecule has 0 bridgehead atoms. The van der Waals surface area contributed by atoms with E-state index < -0.39 is 11.4 Å². The van der Waals surface area contributed by atoms with Gasteiger partial charge >= 0.3 is 5.97 Å². The first-order chi connectivity index (χ1) is 7.95. The molecule has 0 radical (unpaired) electrons. The molecule has 0 atom stereocenters. The molecule has 1 fully saturated rings. The zero-order valence-corrected chi connectivity index (χ0v) is 11.3. The Kier molecular flexibility index (Phi) is 5.40. The largest absolute Gasteiger partial charge is 0.481 e. The minimum absolute atomic E-state index is 0.488. The molecule has 4 heteroatoms. The summed E-state index contributed by atoms with van der Waals surface area (Å²) in [6.45, 7) is 9.77. The Hall–Kier alpha value is -0.610. The van der Waals surface area contributed by atoms with Crippen LogP contribution in [0, 0.1) is 5.41 Å². The molecule has 1 rings (SSSR count). The van der Waals surface area contributed by atoms with Gasteiger partial charge in [0.1, 0.15) is 0 Å². The van der Waals surface area contributed by atoms with E-state index in [4.69, 9.17) is 5.11 Å². The Morgan fingerprint density at radius 2 is 2.00 bits per heavy atom. The smallest absolute Gasteiger partial charge is 0.310 e. The van der Waals surface area contributed by atoms with E-state index in [0.29, 0.717) is 12.6 Å². The molecule has 0 aromatic carbocycles. The van der Waals surface area contributed by atoms with Crippen LogP contribution in [0.25, 0.3) is 0 Å². The highest BCUT2D eigenvalue weighted by Gasteiger charge is 2.28. The van der Waals surface area contributed by atoms with E-state index in [1.54, 1.807) is 13.8 Å². The van der Waals surface area contributed by atoms with Crippen molar-refractivity contribution in [2.75, 3.05) is 26.2 Å². The number of nitrogens with zero attached hydrogens (tertiary/aromatic N) is 1. The molecule has 0 unspecified atom stereocenters. The summed E-state index contributed by atoms with van der Waals surface area (Å²) < 4.78 is 0. The van der Waals surface area contributed by atoms with E-state index in [1.165, 1.54) is 13.0 Å². The predicted molar refractivity (Wildman–Crippen MR) is 69.2 cm³/mol. The van der Waals surface area contributed by atoms with E-state index in [-0.39, 0.29) is 0 Å². The molecule has 0 spiro atoms. The molecular formula is C13H26N2O2. The van der Waals surface area contributed by atoms with Gasteiger partial charge in [-0.25, -0.2) is 0 Å². The molecule has 4 nitrogen and oxygen atoms in total. The number of carboxylic acid groups (broad SMARTS) is 1. The lowest BCUT2D eigenvalue weighted by Gasteiger charge is -2.33. The molecule has 0 amide bonds. The average molecular weight is 242 g/mol. The quantitative estimate of drug-likeness (QED) is 0.742. The van der Waals surface area contributed by atoms with E-state index >= 15 is 0 Å². The fourth-order valence-electron chi connectivity index (χ4n) is 2.15. The number of piperidine rings is 1. The average Bonchev–Trinajstić information content (AvgIpc) is 2.28. The zero-order valence-electron chi connectivity index (χ0n) is 11.3. The number of carbonyl (C=O) groups is 1. The minimum Gasteiger partial charge on any atom is -0.481 e. The van der Waals surface area contributed by atoms with Crippen molar-refractivity contribution in [3.05, 3.63) is 0 Å². The molecule has 17 heavy (non-hydrogen) atoms. The highest BCUT2D eigenvalue weighted by molar-refractivity contribution is 5.73. The molecule has 1 saturated heterocycles. The second-order valence-electron chi connectivity index (χ2n) is 5.69. The van der Waals surface area contributed by atoms with Gasteiger partial charge in [-0.1, -0.05) is 6.92 Å². The predicted octanol–water partition coefficient (Wildman–Crippen LogP) is 1.56. The fourth-order valence-corrected chi connectivity index (χ4v) is 2.15. The number of likely N-dealkylation sites (tertiary alicyclic amines) is 1. The van der Waals surface area contributed by atoms with Crippen LogP contribution in [-0.2, 0) is 4.79 Å². The van der Waals surface area contributed by atoms with Gasteiger partial charge in [0.15, 0.2) is 0 Å². The van der Waals surface area contributed by atoms with Gasteiger partial charge in [0.2, 0.25) is 0 Å². The molecular weight excluding hydrogens is 216 g/mol. The number of rotatable bonds is 6. The molecule has 2 N–H and O–H groups in total. The standard InChI is InChI=1S/C13H26N2O2/c1-4-7-15-8-5-11(6-9-15)14-10-13(2,3)12(16)17/h11,14H,4-10H2,1-3H3,(H,16,17). The van der Waals surface area contributed by atoms with E-state index in [1.807, 2.05) is 0 Å². The fraction of sp³-hybridized carbons (Fsp3) is 0.923. The molecule has 0 saturated carbocycles. The Morgan fingerprint density at radius 3 is 2.47 bits per heavy atom. The Morgan fingerprint density at radius 1 is 1.41 bits per heavy atom. The van der Waals surface area contributed by atoms with Gasteiger partial charge in [-0.05, 0) is 52.7 Å². The number of nitrogens with one attached hydrogen (secondary N) is 1. The summed E-state index contributed by atoms with van der Waals surface area (Å²) in [6.07, 6.45) is 3.48. The van der Waals surface area contributed by atoms with Crippen LogP contribution in [-0.4, -0.2) is 48.2 Å². The lowest BCUT2D eigenvalue weighted by Crippen LogP contribution is -2.46. The summed E-state index contributed by atoms with van der Waals surface area (Å²) in [5, 5.41) is 12.4. The second-order valence-corrected chi connectivity index (χ2v) is 5.69. The maximum Gasteiger partial charge on any atom is 0.310 e. The van der Waals surface area contributed by atoms with Crippen LogP contribution < -0.4 is 5.32 Å². The maximum absolute atomic E-state index is 11.0. The van der Waals surface area contributed by atoms with Crippen molar-refractivity contribution in [1.29, 1.82) is 0 Å². The van der Waals surface area contributed by atoms with Crippen LogP contribution >= 0.6 is 0 Å². The van der Waals surface area contributed by atoms with Crippen LogP contribution in [0.15, 0.2) is 0 Å². The summed E-state index contributed by atoms with van der Waals surface area (Å²) >= 11 is 0. The van der Waals surface area contributed by atoms with Crippen molar-refractivity contribution < 1.29 is 9.90 Å². The Labute approximate surface area is 104 Å².